The molecule has 0 atom stereocenters. The van der Waals surface area contributed by atoms with Crippen molar-refractivity contribution in [3.8, 4) is 0 Å². The van der Waals surface area contributed by atoms with E-state index >= 15 is 0 Å². The van der Waals surface area contributed by atoms with Crippen molar-refractivity contribution in [2.75, 3.05) is 0 Å². The summed E-state index contributed by atoms with van der Waals surface area (Å²) in [4.78, 5) is 17.2. The largest absolute Gasteiger partial charge is 0.494 e. The topological polar surface area (TPSA) is 74.2 Å². The molecule has 2 aromatic heterocycles. The molecule has 0 unspecified atom stereocenters. The van der Waals surface area contributed by atoms with Crippen LogP contribution in [-0.4, -0.2) is 39.3 Å². The molecule has 3 heterocycles. The van der Waals surface area contributed by atoms with Crippen molar-refractivity contribution in [1.29, 1.82) is 0 Å². The molecule has 142 valence electrons. The Morgan fingerprint density at radius 3 is 2.39 bits per heavy atom. The van der Waals surface area contributed by atoms with E-state index < -0.39 is 18.3 Å². The summed E-state index contributed by atoms with van der Waals surface area (Å²) < 4.78 is 12.3. The summed E-state index contributed by atoms with van der Waals surface area (Å²) in [5.74, 6) is -0.0593. The van der Waals surface area contributed by atoms with E-state index in [0.29, 0.717) is 5.69 Å². The first-order chi connectivity index (χ1) is 13.2. The maximum absolute atomic E-state index is 12.6. The number of pyridine rings is 1. The molecule has 0 N–H and O–H groups in total. The zero-order valence-corrected chi connectivity index (χ0v) is 16.5. The van der Waals surface area contributed by atoms with E-state index in [2.05, 4.69) is 15.2 Å². The van der Waals surface area contributed by atoms with Crippen LogP contribution in [0, 0.1) is 0 Å². The average Bonchev–Trinajstić information content (AvgIpc) is 2.89. The third kappa shape index (κ3) is 3.43. The Balaban J connectivity index is 1.62. The highest BCUT2D eigenvalue weighted by Gasteiger charge is 2.51. The van der Waals surface area contributed by atoms with Gasteiger partial charge in [-0.15, -0.1) is 0 Å². The lowest BCUT2D eigenvalue weighted by Gasteiger charge is -2.32. The minimum atomic E-state index is -0.460. The van der Waals surface area contributed by atoms with Gasteiger partial charge in [-0.3, -0.25) is 4.79 Å². The third-order valence-electron chi connectivity index (χ3n) is 5.54. The van der Waals surface area contributed by atoms with Crippen LogP contribution in [0.2, 0.25) is 0 Å². The Labute approximate surface area is 164 Å². The fourth-order valence-corrected chi connectivity index (χ4v) is 3.11. The monoisotopic (exact) mass is 375 g/mol. The number of aromatic nitrogens is 3. The maximum Gasteiger partial charge on any atom is 0.494 e. The van der Waals surface area contributed by atoms with E-state index in [0.717, 1.165) is 21.9 Å². The smallest absolute Gasteiger partial charge is 0.399 e. The van der Waals surface area contributed by atoms with Gasteiger partial charge in [0.15, 0.2) is 5.78 Å². The predicted molar refractivity (Wildman–Crippen MR) is 108 cm³/mol. The SMILES string of the molecule is CC1(C)OB(c2ccc3ccc(C(=O)Cc4ccnnc4)nc3c2)OC1(C)C. The van der Waals surface area contributed by atoms with Gasteiger partial charge in [0.1, 0.15) is 5.69 Å². The molecule has 1 aromatic carbocycles. The second-order valence-electron chi connectivity index (χ2n) is 8.09. The van der Waals surface area contributed by atoms with E-state index in [9.17, 15) is 4.79 Å². The fraction of sp³-hybridized carbons (Fsp3) is 0.333. The lowest BCUT2D eigenvalue weighted by molar-refractivity contribution is 0.00578. The van der Waals surface area contributed by atoms with Gasteiger partial charge in [0.25, 0.3) is 0 Å². The number of rotatable bonds is 4. The minimum Gasteiger partial charge on any atom is -0.399 e. The summed E-state index contributed by atoms with van der Waals surface area (Å²) in [6.45, 7) is 8.10. The Morgan fingerprint density at radius 1 is 1.00 bits per heavy atom. The second kappa shape index (κ2) is 6.76. The highest BCUT2D eigenvalue weighted by molar-refractivity contribution is 6.62. The molecule has 1 fully saturated rings. The van der Waals surface area contributed by atoms with Crippen LogP contribution in [0.15, 0.2) is 48.8 Å². The number of nitrogens with zero attached hydrogens (tertiary/aromatic N) is 3. The molecule has 0 bridgehead atoms. The van der Waals surface area contributed by atoms with Crippen LogP contribution in [0.25, 0.3) is 10.9 Å². The van der Waals surface area contributed by atoms with Crippen LogP contribution < -0.4 is 5.46 Å². The van der Waals surface area contributed by atoms with E-state index in [4.69, 9.17) is 9.31 Å². The Bertz CT molecular complexity index is 1020. The normalized spacial score (nSPS) is 17.8. The number of hydrogen-bond donors (Lipinski definition) is 0. The standard InChI is InChI=1S/C21H22BN3O3/c1-20(2)21(3,4)28-22(27-20)16-7-5-15-6-8-17(25-18(15)12-16)19(26)11-14-9-10-23-24-13-14/h5-10,12-13H,11H2,1-4H3. The highest BCUT2D eigenvalue weighted by atomic mass is 16.7. The molecule has 3 aromatic rings. The van der Waals surface area contributed by atoms with E-state index in [1.54, 1.807) is 24.5 Å². The summed E-state index contributed by atoms with van der Waals surface area (Å²) in [6, 6.07) is 11.3. The average molecular weight is 375 g/mol. The molecule has 28 heavy (non-hydrogen) atoms. The van der Waals surface area contributed by atoms with Crippen molar-refractivity contribution in [1.82, 2.24) is 15.2 Å². The van der Waals surface area contributed by atoms with Crippen molar-refractivity contribution >= 4 is 29.3 Å². The summed E-state index contributed by atoms with van der Waals surface area (Å²) >= 11 is 0. The molecular formula is C21H22BN3O3. The van der Waals surface area contributed by atoms with Gasteiger partial charge in [0, 0.05) is 18.0 Å². The molecule has 7 heteroatoms. The second-order valence-corrected chi connectivity index (χ2v) is 8.09. The molecule has 6 nitrogen and oxygen atoms in total. The van der Waals surface area contributed by atoms with Gasteiger partial charge in [-0.25, -0.2) is 4.98 Å². The number of ketones is 1. The highest BCUT2D eigenvalue weighted by Crippen LogP contribution is 2.36. The zero-order valence-electron chi connectivity index (χ0n) is 16.5. The number of carbonyl (C=O) groups excluding carboxylic acids is 1. The van der Waals surface area contributed by atoms with Gasteiger partial charge in [-0.05, 0) is 56.9 Å². The molecule has 0 radical (unpaired) electrons. The minimum absolute atomic E-state index is 0.0593. The van der Waals surface area contributed by atoms with Crippen LogP contribution in [0.1, 0.15) is 43.7 Å². The van der Waals surface area contributed by atoms with Crippen molar-refractivity contribution < 1.29 is 14.1 Å². The number of fused-ring (bicyclic) bond motifs is 1. The molecule has 0 spiro atoms. The van der Waals surface area contributed by atoms with Gasteiger partial charge in [-0.1, -0.05) is 18.2 Å². The van der Waals surface area contributed by atoms with Crippen LogP contribution in [0.3, 0.4) is 0 Å². The number of benzene rings is 1. The molecule has 1 saturated heterocycles. The van der Waals surface area contributed by atoms with Crippen LogP contribution in [-0.2, 0) is 15.7 Å². The first-order valence-electron chi connectivity index (χ1n) is 9.30. The van der Waals surface area contributed by atoms with E-state index in [-0.39, 0.29) is 12.2 Å². The van der Waals surface area contributed by atoms with Gasteiger partial charge < -0.3 is 9.31 Å². The summed E-state index contributed by atoms with van der Waals surface area (Å²) in [5, 5.41) is 8.50. The van der Waals surface area contributed by atoms with Crippen molar-refractivity contribution in [2.45, 2.75) is 45.3 Å². The van der Waals surface area contributed by atoms with E-state index in [1.807, 2.05) is 52.0 Å². The van der Waals surface area contributed by atoms with Gasteiger partial charge in [0.2, 0.25) is 0 Å². The molecule has 4 rings (SSSR count). The first kappa shape index (κ1) is 18.7. The Kier molecular flexibility index (Phi) is 4.52. The number of Topliss-reactive ketones (excluding diaryl/α,β-unsaturated/α-hetero) is 1. The summed E-state index contributed by atoms with van der Waals surface area (Å²) in [6.07, 6.45) is 3.41. The molecule has 0 amide bonds. The van der Waals surface area contributed by atoms with Gasteiger partial charge in [0.05, 0.1) is 22.9 Å². The lowest BCUT2D eigenvalue weighted by atomic mass is 9.78. The van der Waals surface area contributed by atoms with Gasteiger partial charge >= 0.3 is 7.12 Å². The summed E-state index contributed by atoms with van der Waals surface area (Å²) in [7, 11) is -0.460. The summed E-state index contributed by atoms with van der Waals surface area (Å²) in [5.41, 5.74) is 2.06. The van der Waals surface area contributed by atoms with Crippen LogP contribution in [0.4, 0.5) is 0 Å². The molecule has 0 saturated carbocycles. The Hall–Kier alpha value is -2.64. The van der Waals surface area contributed by atoms with E-state index in [1.165, 1.54) is 0 Å². The molecular weight excluding hydrogens is 353 g/mol. The van der Waals surface area contributed by atoms with Crippen LogP contribution in [0.5, 0.6) is 0 Å². The molecule has 0 aliphatic carbocycles. The molecule has 1 aliphatic heterocycles. The third-order valence-corrected chi connectivity index (χ3v) is 5.54. The lowest BCUT2D eigenvalue weighted by Crippen LogP contribution is -2.41. The first-order valence-corrected chi connectivity index (χ1v) is 9.30. The van der Waals surface area contributed by atoms with Crippen LogP contribution >= 0.6 is 0 Å². The van der Waals surface area contributed by atoms with Crippen molar-refractivity contribution in [3.63, 3.8) is 0 Å². The maximum atomic E-state index is 12.6. The quantitative estimate of drug-likeness (QED) is 0.516. The van der Waals surface area contributed by atoms with Crippen molar-refractivity contribution in [3.05, 3.63) is 60.0 Å². The predicted octanol–water partition coefficient (Wildman–Crippen LogP) is 2.75. The van der Waals surface area contributed by atoms with Gasteiger partial charge in [-0.2, -0.15) is 10.2 Å². The van der Waals surface area contributed by atoms with Crippen molar-refractivity contribution in [2.24, 2.45) is 0 Å². The Morgan fingerprint density at radius 2 is 1.71 bits per heavy atom. The zero-order chi connectivity index (χ0) is 19.9. The number of carbonyl (C=O) groups is 1. The fourth-order valence-electron chi connectivity index (χ4n) is 3.11. The molecule has 1 aliphatic rings. The number of hydrogen-bond acceptors (Lipinski definition) is 6.